The zero-order chi connectivity index (χ0) is 48.1. The Morgan fingerprint density at radius 3 is 1.63 bits per heavy atom. The van der Waals surface area contributed by atoms with Crippen LogP contribution in [0, 0.1) is 0 Å². The van der Waals surface area contributed by atoms with Crippen molar-refractivity contribution in [2.24, 2.45) is 0 Å². The molecule has 0 radical (unpaired) electrons. The highest BCUT2D eigenvalue weighted by molar-refractivity contribution is 7.00. The number of rotatable bonds is 3. The first kappa shape index (κ1) is 44.5. The lowest BCUT2D eigenvalue weighted by molar-refractivity contribution is 0.245. The lowest BCUT2D eigenvalue weighted by Crippen LogP contribution is -2.61. The highest BCUT2D eigenvalue weighted by Gasteiger charge is 2.60. The van der Waals surface area contributed by atoms with E-state index in [0.717, 1.165) is 12.8 Å². The van der Waals surface area contributed by atoms with Crippen LogP contribution < -0.4 is 31.1 Å². The van der Waals surface area contributed by atoms with Crippen LogP contribution in [0.3, 0.4) is 0 Å². The number of nitrogens with zero attached hydrogens (tertiary/aromatic N) is 3. The summed E-state index contributed by atoms with van der Waals surface area (Å²) >= 11 is 0. The van der Waals surface area contributed by atoms with Crippen LogP contribution >= 0.6 is 0 Å². The van der Waals surface area contributed by atoms with Gasteiger partial charge in [0.2, 0.25) is 0 Å². The topological polar surface area (TPSA) is 9.72 Å². The molecule has 0 amide bonds. The minimum atomic E-state index is -0.359. The number of anilines is 8. The quantitative estimate of drug-likeness (QED) is 0.164. The second-order valence-corrected chi connectivity index (χ2v) is 25.1. The van der Waals surface area contributed by atoms with Gasteiger partial charge in [-0.25, -0.2) is 0 Å². The maximum absolute atomic E-state index is 2.76. The van der Waals surface area contributed by atoms with Crippen molar-refractivity contribution in [3.8, 4) is 0 Å². The molecule has 0 fully saturated rings. The molecule has 0 aromatic heterocycles. The van der Waals surface area contributed by atoms with E-state index in [0.29, 0.717) is 0 Å². The van der Waals surface area contributed by atoms with E-state index >= 15 is 0 Å². The van der Waals surface area contributed by atoms with Crippen LogP contribution in [0.2, 0.25) is 0 Å². The van der Waals surface area contributed by atoms with Crippen molar-refractivity contribution in [3.63, 3.8) is 0 Å². The summed E-state index contributed by atoms with van der Waals surface area (Å²) in [6.45, 7) is 33.2. The molecular weight excluding hydrogens is 822 g/mol. The van der Waals surface area contributed by atoms with E-state index in [1.165, 1.54) is 101 Å². The number of fused-ring (bicyclic) bond motifs is 9. The molecule has 4 heteroatoms. The summed E-state index contributed by atoms with van der Waals surface area (Å²) in [6, 6.07) is 57.4. The van der Waals surface area contributed by atoms with Crippen LogP contribution in [0.1, 0.15) is 142 Å². The van der Waals surface area contributed by atoms with Crippen LogP contribution in [0.15, 0.2) is 146 Å². The van der Waals surface area contributed by atoms with E-state index in [4.69, 9.17) is 0 Å². The molecule has 0 bridgehead atoms. The minimum absolute atomic E-state index is 0.00430. The first-order valence-corrected chi connectivity index (χ1v) is 25.3. The predicted octanol–water partition coefficient (Wildman–Crippen LogP) is 15.2. The summed E-state index contributed by atoms with van der Waals surface area (Å²) in [7, 11) is 0. The molecule has 7 aromatic rings. The van der Waals surface area contributed by atoms with Crippen molar-refractivity contribution < 1.29 is 0 Å². The second kappa shape index (κ2) is 14.8. The molecule has 7 aromatic carbocycles. The monoisotopic (exact) mass is 892 g/mol. The van der Waals surface area contributed by atoms with E-state index in [9.17, 15) is 0 Å². The van der Waals surface area contributed by atoms with E-state index in [-0.39, 0.29) is 39.3 Å². The minimum Gasteiger partial charge on any atom is -0.330 e. The zero-order valence-electron chi connectivity index (χ0n) is 43.2. The summed E-state index contributed by atoms with van der Waals surface area (Å²) in [4.78, 5) is 8.02. The summed E-state index contributed by atoms with van der Waals surface area (Å²) in [5.41, 5.74) is 23.1. The van der Waals surface area contributed by atoms with E-state index in [1.54, 1.807) is 0 Å². The Bertz CT molecular complexity index is 3170. The van der Waals surface area contributed by atoms with Crippen molar-refractivity contribution in [1.29, 1.82) is 0 Å². The van der Waals surface area contributed by atoms with Crippen LogP contribution in [-0.2, 0) is 39.0 Å². The number of para-hydroxylation sites is 1. The lowest BCUT2D eigenvalue weighted by atomic mass is 9.33. The number of hydrogen-bond acceptors (Lipinski definition) is 3. The Morgan fingerprint density at radius 2 is 0.971 bits per heavy atom. The van der Waals surface area contributed by atoms with E-state index < -0.39 is 0 Å². The summed E-state index contributed by atoms with van der Waals surface area (Å²) in [6.07, 6.45) is 2.15. The summed E-state index contributed by atoms with van der Waals surface area (Å²) in [5.74, 6) is 0. The third-order valence-corrected chi connectivity index (χ3v) is 16.7. The Kier molecular flexibility index (Phi) is 9.66. The van der Waals surface area contributed by atoms with Crippen LogP contribution in [0.4, 0.5) is 45.5 Å². The fraction of sp³-hybridized carbons (Fsp3) is 0.344. The summed E-state index contributed by atoms with van der Waals surface area (Å²) in [5, 5.41) is 0. The van der Waals surface area contributed by atoms with Gasteiger partial charge in [-0.3, -0.25) is 0 Å². The average molecular weight is 892 g/mol. The molecule has 0 spiro atoms. The van der Waals surface area contributed by atoms with Crippen molar-refractivity contribution in [3.05, 3.63) is 185 Å². The Hall–Kier alpha value is -6.00. The van der Waals surface area contributed by atoms with Gasteiger partial charge in [0.25, 0.3) is 6.71 Å². The molecule has 0 N–H and O–H groups in total. The predicted molar refractivity (Wildman–Crippen MR) is 293 cm³/mol. The smallest absolute Gasteiger partial charge is 0.252 e. The molecule has 11 rings (SSSR count). The number of aryl methyl sites for hydroxylation is 1. The molecule has 4 aliphatic rings. The third kappa shape index (κ3) is 6.52. The molecule has 3 nitrogen and oxygen atoms in total. The Balaban J connectivity index is 1.29. The molecule has 2 atom stereocenters. The highest BCUT2D eigenvalue weighted by Crippen LogP contribution is 2.64. The molecule has 3 heterocycles. The van der Waals surface area contributed by atoms with Gasteiger partial charge in [-0.15, -0.1) is 0 Å². The van der Waals surface area contributed by atoms with Crippen molar-refractivity contribution in [1.82, 2.24) is 0 Å². The number of hydrogen-bond donors (Lipinski definition) is 0. The van der Waals surface area contributed by atoms with Gasteiger partial charge in [0.05, 0.1) is 5.54 Å². The normalized spacial score (nSPS) is 19.5. The van der Waals surface area contributed by atoms with Gasteiger partial charge in [0, 0.05) is 50.9 Å². The van der Waals surface area contributed by atoms with Gasteiger partial charge in [-0.1, -0.05) is 181 Å². The first-order chi connectivity index (χ1) is 32.0. The van der Waals surface area contributed by atoms with Gasteiger partial charge in [0.1, 0.15) is 0 Å². The van der Waals surface area contributed by atoms with Crippen LogP contribution in [0.25, 0.3) is 0 Å². The maximum atomic E-state index is 2.76. The molecule has 0 saturated carbocycles. The molecule has 3 aliphatic heterocycles. The van der Waals surface area contributed by atoms with Crippen molar-refractivity contribution in [2.45, 2.75) is 142 Å². The van der Waals surface area contributed by atoms with Gasteiger partial charge in [-0.2, -0.15) is 0 Å². The third-order valence-electron chi connectivity index (χ3n) is 16.7. The molecule has 344 valence electrons. The number of benzene rings is 7. The maximum Gasteiger partial charge on any atom is 0.252 e. The molecule has 2 unspecified atom stereocenters. The van der Waals surface area contributed by atoms with Crippen molar-refractivity contribution in [2.75, 3.05) is 14.7 Å². The molecular formula is C64H70BN3. The summed E-state index contributed by atoms with van der Waals surface area (Å²) < 4.78 is 0. The Morgan fingerprint density at radius 1 is 0.412 bits per heavy atom. The van der Waals surface area contributed by atoms with E-state index in [2.05, 4.69) is 257 Å². The Labute approximate surface area is 408 Å². The highest BCUT2D eigenvalue weighted by atomic mass is 15.3. The van der Waals surface area contributed by atoms with Gasteiger partial charge in [0.15, 0.2) is 0 Å². The SMILES string of the molecule is CC(C)(C)c1ccc(N2c3ccc(C(C)(C)C)cc3B3c4ccc(C(C)(C)C)cc4N(c4cccc(C(C)(C)C)c4)c4cc(N5c6ccccc6C6(C)CCc7ccccc7C56C)cc2c43)cc1. The zero-order valence-corrected chi connectivity index (χ0v) is 43.2. The van der Waals surface area contributed by atoms with Gasteiger partial charge >= 0.3 is 0 Å². The fourth-order valence-electron chi connectivity index (χ4n) is 12.5. The van der Waals surface area contributed by atoms with Crippen molar-refractivity contribution >= 4 is 68.6 Å². The largest absolute Gasteiger partial charge is 0.330 e. The standard InChI is InChI=1S/C64H70BN3/c1-59(2,3)42-26-30-46(31-27-42)66-54-33-29-44(61(7,8)9)37-52(54)65-51-32-28-45(62(10,11)12)38-55(51)67(47-22-19-21-43(36-47)60(4,5)6)57-40-48(39-56(66)58(57)65)68-53-25-18-17-24-50(53)63(13)35-34-41-20-15-16-23-49(41)64(63,68)14/h15-33,36-40H,34-35H2,1-14H3. The molecule has 1 aliphatic carbocycles. The van der Waals surface area contributed by atoms with Gasteiger partial charge in [-0.05, 0) is 151 Å². The lowest BCUT2D eigenvalue weighted by Gasteiger charge is -2.52. The molecule has 0 saturated heterocycles. The van der Waals surface area contributed by atoms with Crippen LogP contribution in [0.5, 0.6) is 0 Å². The fourth-order valence-corrected chi connectivity index (χ4v) is 12.5. The molecule has 68 heavy (non-hydrogen) atoms. The van der Waals surface area contributed by atoms with Crippen LogP contribution in [-0.4, -0.2) is 6.71 Å². The first-order valence-electron chi connectivity index (χ1n) is 25.3. The second-order valence-electron chi connectivity index (χ2n) is 25.1. The van der Waals surface area contributed by atoms with Gasteiger partial charge < -0.3 is 14.7 Å². The van der Waals surface area contributed by atoms with E-state index in [1.807, 2.05) is 0 Å². The average Bonchev–Trinajstić information content (AvgIpc) is 3.50.